The molecule has 0 saturated heterocycles. The molecule has 2 aromatic carbocycles. The Morgan fingerprint density at radius 1 is 1.04 bits per heavy atom. The van der Waals surface area contributed by atoms with E-state index in [1.807, 2.05) is 30.3 Å². The van der Waals surface area contributed by atoms with E-state index in [-0.39, 0.29) is 12.2 Å². The minimum Gasteiger partial charge on any atom is -0.350 e. The molecule has 0 heterocycles. The van der Waals surface area contributed by atoms with Crippen molar-refractivity contribution in [3.8, 4) is 0 Å². The average molecular weight is 453 g/mol. The van der Waals surface area contributed by atoms with Crippen molar-refractivity contribution < 1.29 is 18.0 Å². The van der Waals surface area contributed by atoms with Gasteiger partial charge >= 0.3 is 0 Å². The van der Waals surface area contributed by atoms with E-state index in [1.54, 1.807) is 24.3 Å². The number of amides is 2. The van der Waals surface area contributed by atoms with Gasteiger partial charge in [-0.25, -0.2) is 8.42 Å². The van der Waals surface area contributed by atoms with Crippen molar-refractivity contribution in [2.75, 3.05) is 12.0 Å². The van der Waals surface area contributed by atoms with Crippen LogP contribution >= 0.6 is 15.9 Å². The third-order valence-corrected chi connectivity index (χ3v) is 5.50. The van der Waals surface area contributed by atoms with E-state index < -0.39 is 27.7 Å². The summed E-state index contributed by atoms with van der Waals surface area (Å²) in [5.41, 5.74) is 1.28. The van der Waals surface area contributed by atoms with Gasteiger partial charge in [0, 0.05) is 17.3 Å². The molecule has 0 spiro atoms. The Bertz CT molecular complexity index is 901. The number of sulfone groups is 1. The van der Waals surface area contributed by atoms with Crippen LogP contribution in [0, 0.1) is 0 Å². The zero-order valence-corrected chi connectivity index (χ0v) is 17.2. The Balaban J connectivity index is 2.08. The predicted molar refractivity (Wildman–Crippen MR) is 108 cm³/mol. The molecule has 2 N–H and O–H groups in total. The van der Waals surface area contributed by atoms with Gasteiger partial charge in [-0.15, -0.1) is 0 Å². The minimum absolute atomic E-state index is 0.00432. The number of carbonyl (C=O) groups excluding carboxylic acids is 2. The van der Waals surface area contributed by atoms with Gasteiger partial charge < -0.3 is 10.6 Å². The lowest BCUT2D eigenvalue weighted by molar-refractivity contribution is -0.123. The molecule has 0 saturated carbocycles. The number of carbonyl (C=O) groups is 2. The number of hydrogen-bond donors (Lipinski definition) is 2. The molecule has 6 nitrogen and oxygen atoms in total. The van der Waals surface area contributed by atoms with E-state index in [0.717, 1.165) is 11.8 Å². The van der Waals surface area contributed by atoms with Crippen LogP contribution < -0.4 is 10.6 Å². The van der Waals surface area contributed by atoms with Crippen LogP contribution in [0.3, 0.4) is 0 Å². The maximum Gasteiger partial charge on any atom is 0.253 e. The van der Waals surface area contributed by atoms with Crippen molar-refractivity contribution in [2.24, 2.45) is 0 Å². The van der Waals surface area contributed by atoms with E-state index in [4.69, 9.17) is 0 Å². The molecule has 0 aliphatic heterocycles. The first-order chi connectivity index (χ1) is 12.8. The van der Waals surface area contributed by atoms with Gasteiger partial charge in [-0.3, -0.25) is 9.59 Å². The Morgan fingerprint density at radius 2 is 1.67 bits per heavy atom. The van der Waals surface area contributed by atoms with Crippen LogP contribution in [0.1, 0.15) is 22.3 Å². The Morgan fingerprint density at radius 3 is 2.30 bits per heavy atom. The fourth-order valence-corrected chi connectivity index (χ4v) is 3.52. The number of benzene rings is 2. The van der Waals surface area contributed by atoms with Crippen molar-refractivity contribution in [2.45, 2.75) is 19.0 Å². The summed E-state index contributed by atoms with van der Waals surface area (Å²) in [6, 6.07) is 15.2. The Hall–Kier alpha value is -2.19. The van der Waals surface area contributed by atoms with Crippen molar-refractivity contribution in [3.63, 3.8) is 0 Å². The molecule has 27 heavy (non-hydrogen) atoms. The van der Waals surface area contributed by atoms with Gasteiger partial charge in [0.05, 0.1) is 11.3 Å². The highest BCUT2D eigenvalue weighted by molar-refractivity contribution is 9.10. The van der Waals surface area contributed by atoms with E-state index in [9.17, 15) is 18.0 Å². The monoisotopic (exact) mass is 452 g/mol. The van der Waals surface area contributed by atoms with Crippen LogP contribution in [-0.4, -0.2) is 38.3 Å². The third kappa shape index (κ3) is 7.15. The second-order valence-electron chi connectivity index (χ2n) is 6.13. The van der Waals surface area contributed by atoms with Crippen LogP contribution in [0.15, 0.2) is 59.1 Å². The third-order valence-electron chi connectivity index (χ3n) is 3.83. The Labute approximate surface area is 167 Å². The molecule has 0 aliphatic rings. The molecule has 2 aromatic rings. The summed E-state index contributed by atoms with van der Waals surface area (Å²) in [4.78, 5) is 25.1. The van der Waals surface area contributed by atoms with E-state index in [1.165, 1.54) is 0 Å². The lowest BCUT2D eigenvalue weighted by atomic mass is 10.1. The molecular weight excluding hydrogens is 432 g/mol. The van der Waals surface area contributed by atoms with Crippen molar-refractivity contribution in [1.82, 2.24) is 10.6 Å². The van der Waals surface area contributed by atoms with Gasteiger partial charge in [0.2, 0.25) is 5.91 Å². The number of halogens is 1. The average Bonchev–Trinajstić information content (AvgIpc) is 2.63. The summed E-state index contributed by atoms with van der Waals surface area (Å²) in [7, 11) is -3.27. The van der Waals surface area contributed by atoms with Gasteiger partial charge in [-0.05, 0) is 40.0 Å². The number of rotatable bonds is 8. The summed E-state index contributed by atoms with van der Waals surface area (Å²) >= 11 is 3.30. The number of hydrogen-bond acceptors (Lipinski definition) is 4. The fraction of sp³-hybridized carbons (Fsp3) is 0.263. The lowest BCUT2D eigenvalue weighted by Gasteiger charge is -2.18. The Kier molecular flexibility index (Phi) is 7.55. The molecule has 0 aromatic heterocycles. The highest BCUT2D eigenvalue weighted by atomic mass is 79.9. The van der Waals surface area contributed by atoms with Crippen LogP contribution in [0.25, 0.3) is 0 Å². The standard InChI is InChI=1S/C19H21BrN2O4S/c1-27(25,26)12-11-17(19(24)21-13-14-7-3-2-4-8-14)22-18(23)15-9-5-6-10-16(15)20/h2-10,17H,11-13H2,1H3,(H,21,24)(H,22,23). The second kappa shape index (κ2) is 9.66. The summed E-state index contributed by atoms with van der Waals surface area (Å²) in [6.45, 7) is 0.292. The first-order valence-electron chi connectivity index (χ1n) is 8.31. The highest BCUT2D eigenvalue weighted by Crippen LogP contribution is 2.16. The summed E-state index contributed by atoms with van der Waals surface area (Å²) in [5.74, 6) is -1.08. The maximum atomic E-state index is 12.6. The normalized spacial score (nSPS) is 12.2. The number of nitrogens with one attached hydrogen (secondary N) is 2. The maximum absolute atomic E-state index is 12.6. The summed E-state index contributed by atoms with van der Waals surface area (Å²) in [5, 5.41) is 5.38. The first-order valence-corrected chi connectivity index (χ1v) is 11.2. The molecule has 0 aliphatic carbocycles. The predicted octanol–water partition coefficient (Wildman–Crippen LogP) is 2.30. The molecule has 1 unspecified atom stereocenters. The van der Waals surface area contributed by atoms with Crippen LogP contribution in [0.4, 0.5) is 0 Å². The molecule has 1 atom stereocenters. The van der Waals surface area contributed by atoms with E-state index in [0.29, 0.717) is 16.6 Å². The molecule has 0 bridgehead atoms. The van der Waals surface area contributed by atoms with Crippen LogP contribution in [-0.2, 0) is 21.2 Å². The van der Waals surface area contributed by atoms with Crippen LogP contribution in [0.5, 0.6) is 0 Å². The SMILES string of the molecule is CS(=O)(=O)CCC(NC(=O)c1ccccc1Br)C(=O)NCc1ccccc1. The second-order valence-corrected chi connectivity index (χ2v) is 9.24. The van der Waals surface area contributed by atoms with Crippen molar-refractivity contribution >= 4 is 37.6 Å². The van der Waals surface area contributed by atoms with Gasteiger partial charge in [-0.1, -0.05) is 42.5 Å². The van der Waals surface area contributed by atoms with E-state index in [2.05, 4.69) is 26.6 Å². The van der Waals surface area contributed by atoms with Gasteiger partial charge in [-0.2, -0.15) is 0 Å². The van der Waals surface area contributed by atoms with Crippen molar-refractivity contribution in [3.05, 3.63) is 70.2 Å². The largest absolute Gasteiger partial charge is 0.350 e. The molecular formula is C19H21BrN2O4S. The zero-order valence-electron chi connectivity index (χ0n) is 14.8. The highest BCUT2D eigenvalue weighted by Gasteiger charge is 2.23. The molecule has 144 valence electrons. The van der Waals surface area contributed by atoms with E-state index >= 15 is 0 Å². The molecule has 2 rings (SSSR count). The molecule has 0 radical (unpaired) electrons. The molecule has 8 heteroatoms. The van der Waals surface area contributed by atoms with Crippen molar-refractivity contribution in [1.29, 1.82) is 0 Å². The topological polar surface area (TPSA) is 92.3 Å². The van der Waals surface area contributed by atoms with Crippen LogP contribution in [0.2, 0.25) is 0 Å². The zero-order chi connectivity index (χ0) is 19.9. The smallest absolute Gasteiger partial charge is 0.253 e. The first kappa shape index (κ1) is 21.1. The summed E-state index contributed by atoms with van der Waals surface area (Å²) < 4.78 is 23.6. The quantitative estimate of drug-likeness (QED) is 0.642. The minimum atomic E-state index is -3.27. The molecule has 2 amide bonds. The molecule has 0 fully saturated rings. The fourth-order valence-electron chi connectivity index (χ4n) is 2.39. The van der Waals surface area contributed by atoms with Gasteiger partial charge in [0.15, 0.2) is 0 Å². The summed E-state index contributed by atoms with van der Waals surface area (Å²) in [6.07, 6.45) is 1.09. The lowest BCUT2D eigenvalue weighted by Crippen LogP contribution is -2.47. The van der Waals surface area contributed by atoms with Gasteiger partial charge in [0.25, 0.3) is 5.91 Å². The van der Waals surface area contributed by atoms with Gasteiger partial charge in [0.1, 0.15) is 15.9 Å².